The fraction of sp³-hybridized carbons (Fsp3) is 0.214. The van der Waals surface area contributed by atoms with Crippen molar-refractivity contribution in [2.75, 3.05) is 0 Å². The van der Waals surface area contributed by atoms with Crippen molar-refractivity contribution in [1.29, 1.82) is 0 Å². The van der Waals surface area contributed by atoms with Crippen LogP contribution in [0.3, 0.4) is 0 Å². The summed E-state index contributed by atoms with van der Waals surface area (Å²) in [6.07, 6.45) is -4.49. The minimum absolute atomic E-state index is 0.108. The summed E-state index contributed by atoms with van der Waals surface area (Å²) in [7, 11) is 0. The Hall–Kier alpha value is -2.02. The highest BCUT2D eigenvalue weighted by molar-refractivity contribution is 7.14. The maximum absolute atomic E-state index is 12.8. The number of carboxylic acids is 1. The summed E-state index contributed by atoms with van der Waals surface area (Å²) in [5, 5.41) is 8.88. The first kappa shape index (κ1) is 15.4. The molecule has 2 rings (SSSR count). The number of carbonyl (C=O) groups is 1. The summed E-state index contributed by atoms with van der Waals surface area (Å²) in [4.78, 5) is 11.7. The third-order valence-electron chi connectivity index (χ3n) is 2.81. The zero-order valence-corrected chi connectivity index (χ0v) is 11.7. The Bertz CT molecular complexity index is 662. The molecule has 0 spiro atoms. The van der Waals surface area contributed by atoms with Crippen molar-refractivity contribution in [2.45, 2.75) is 19.7 Å². The van der Waals surface area contributed by atoms with Crippen LogP contribution in [0, 0.1) is 6.92 Å². The molecular weight excluding hydrogens is 305 g/mol. The largest absolute Gasteiger partial charge is 0.488 e. The number of hydrogen-bond donors (Lipinski definition) is 1. The van der Waals surface area contributed by atoms with Crippen molar-refractivity contribution >= 4 is 17.3 Å². The number of hydrogen-bond acceptors (Lipinski definition) is 3. The SMILES string of the molecule is Cc1sc(C(=O)O)cc1COc1ccccc1C(F)(F)F. The molecule has 0 fully saturated rings. The first-order valence-corrected chi connectivity index (χ1v) is 6.72. The molecule has 0 saturated heterocycles. The average molecular weight is 316 g/mol. The van der Waals surface area contributed by atoms with Crippen molar-refractivity contribution < 1.29 is 27.8 Å². The Balaban J connectivity index is 2.19. The van der Waals surface area contributed by atoms with Gasteiger partial charge in [-0.3, -0.25) is 0 Å². The van der Waals surface area contributed by atoms with Crippen LogP contribution in [0.4, 0.5) is 13.2 Å². The summed E-state index contributed by atoms with van der Waals surface area (Å²) >= 11 is 1.07. The van der Waals surface area contributed by atoms with E-state index >= 15 is 0 Å². The number of rotatable bonds is 4. The average Bonchev–Trinajstić information content (AvgIpc) is 2.77. The van der Waals surface area contributed by atoms with Crippen molar-refractivity contribution in [3.8, 4) is 5.75 Å². The summed E-state index contributed by atoms with van der Waals surface area (Å²) in [6.45, 7) is 1.59. The van der Waals surface area contributed by atoms with Gasteiger partial charge in [0.15, 0.2) is 0 Å². The second-order valence-electron chi connectivity index (χ2n) is 4.28. The fourth-order valence-corrected chi connectivity index (χ4v) is 2.62. The van der Waals surface area contributed by atoms with Gasteiger partial charge >= 0.3 is 12.1 Å². The maximum Gasteiger partial charge on any atom is 0.419 e. The summed E-state index contributed by atoms with van der Waals surface area (Å²) in [5.41, 5.74) is -0.286. The summed E-state index contributed by atoms with van der Waals surface area (Å²) < 4.78 is 43.6. The fourth-order valence-electron chi connectivity index (χ4n) is 1.75. The number of alkyl halides is 3. The van der Waals surface area contributed by atoms with Crippen LogP contribution in [-0.4, -0.2) is 11.1 Å². The number of ether oxygens (including phenoxy) is 1. The molecule has 0 unspecified atom stereocenters. The van der Waals surface area contributed by atoms with Gasteiger partial charge < -0.3 is 9.84 Å². The standard InChI is InChI=1S/C14H11F3O3S/c1-8-9(6-12(21-8)13(18)19)7-20-11-5-3-2-4-10(11)14(15,16)17/h2-6H,7H2,1H3,(H,18,19). The lowest BCUT2D eigenvalue weighted by Crippen LogP contribution is -2.08. The van der Waals surface area contributed by atoms with E-state index in [2.05, 4.69) is 0 Å². The quantitative estimate of drug-likeness (QED) is 0.912. The highest BCUT2D eigenvalue weighted by Crippen LogP contribution is 2.36. The molecule has 21 heavy (non-hydrogen) atoms. The van der Waals surface area contributed by atoms with Gasteiger partial charge in [0.2, 0.25) is 0 Å². The zero-order valence-electron chi connectivity index (χ0n) is 10.9. The van der Waals surface area contributed by atoms with Gasteiger partial charge in [-0.1, -0.05) is 12.1 Å². The van der Waals surface area contributed by atoms with Gasteiger partial charge in [-0.05, 0) is 25.1 Å². The molecule has 1 heterocycles. The molecule has 1 aromatic carbocycles. The maximum atomic E-state index is 12.8. The van der Waals surface area contributed by atoms with E-state index in [0.29, 0.717) is 10.4 Å². The molecular formula is C14H11F3O3S. The van der Waals surface area contributed by atoms with Gasteiger partial charge in [0, 0.05) is 10.4 Å². The van der Waals surface area contributed by atoms with Crippen molar-refractivity contribution in [2.24, 2.45) is 0 Å². The number of benzene rings is 1. The number of aryl methyl sites for hydroxylation is 1. The van der Waals surface area contributed by atoms with E-state index in [1.807, 2.05) is 0 Å². The molecule has 1 aromatic heterocycles. The molecule has 0 radical (unpaired) electrons. The van der Waals surface area contributed by atoms with E-state index in [4.69, 9.17) is 9.84 Å². The molecule has 0 aliphatic heterocycles. The highest BCUT2D eigenvalue weighted by atomic mass is 32.1. The number of para-hydroxylation sites is 1. The topological polar surface area (TPSA) is 46.5 Å². The molecule has 0 aliphatic carbocycles. The van der Waals surface area contributed by atoms with Crippen LogP contribution in [-0.2, 0) is 12.8 Å². The third kappa shape index (κ3) is 3.55. The van der Waals surface area contributed by atoms with Gasteiger partial charge in [0.1, 0.15) is 17.2 Å². The van der Waals surface area contributed by atoms with Crippen LogP contribution in [0.2, 0.25) is 0 Å². The second-order valence-corrected chi connectivity index (χ2v) is 5.54. The van der Waals surface area contributed by atoms with Crippen molar-refractivity contribution in [1.82, 2.24) is 0 Å². The second kappa shape index (κ2) is 5.77. The Morgan fingerprint density at radius 3 is 2.57 bits per heavy atom. The zero-order chi connectivity index (χ0) is 15.6. The van der Waals surface area contributed by atoms with E-state index in [1.165, 1.54) is 24.3 Å². The van der Waals surface area contributed by atoms with Crippen molar-refractivity contribution in [3.63, 3.8) is 0 Å². The number of carboxylic acid groups (broad SMARTS) is 1. The minimum Gasteiger partial charge on any atom is -0.488 e. The molecule has 2 aromatic rings. The van der Waals surface area contributed by atoms with E-state index in [1.54, 1.807) is 6.92 Å². The first-order valence-electron chi connectivity index (χ1n) is 5.90. The van der Waals surface area contributed by atoms with Crippen LogP contribution < -0.4 is 4.74 Å². The predicted molar refractivity (Wildman–Crippen MR) is 71.8 cm³/mol. The monoisotopic (exact) mass is 316 g/mol. The van der Waals surface area contributed by atoms with Crippen LogP contribution in [0.1, 0.15) is 25.7 Å². The Kier molecular flexibility index (Phi) is 4.22. The number of aromatic carboxylic acids is 1. The third-order valence-corrected chi connectivity index (χ3v) is 3.89. The van der Waals surface area contributed by atoms with Crippen LogP contribution >= 0.6 is 11.3 Å². The lowest BCUT2D eigenvalue weighted by atomic mass is 10.2. The normalized spacial score (nSPS) is 11.4. The lowest BCUT2D eigenvalue weighted by Gasteiger charge is -2.13. The summed E-state index contributed by atoms with van der Waals surface area (Å²) in [6, 6.07) is 6.33. The van der Waals surface area contributed by atoms with Gasteiger partial charge in [0.25, 0.3) is 0 Å². The van der Waals surface area contributed by atoms with Crippen LogP contribution in [0.15, 0.2) is 30.3 Å². The molecule has 3 nitrogen and oxygen atoms in total. The van der Waals surface area contributed by atoms with Crippen LogP contribution in [0.25, 0.3) is 0 Å². The molecule has 0 atom stereocenters. The Labute approximate surface area is 122 Å². The molecule has 112 valence electrons. The van der Waals surface area contributed by atoms with Crippen molar-refractivity contribution in [3.05, 3.63) is 51.2 Å². The van der Waals surface area contributed by atoms with E-state index < -0.39 is 17.7 Å². The van der Waals surface area contributed by atoms with Gasteiger partial charge in [-0.25, -0.2) is 4.79 Å². The highest BCUT2D eigenvalue weighted by Gasteiger charge is 2.34. The first-order chi connectivity index (χ1) is 9.79. The molecule has 0 bridgehead atoms. The van der Waals surface area contributed by atoms with Gasteiger partial charge in [-0.2, -0.15) is 13.2 Å². The molecule has 7 heteroatoms. The molecule has 1 N–H and O–H groups in total. The molecule has 0 amide bonds. The van der Waals surface area contributed by atoms with E-state index in [-0.39, 0.29) is 17.2 Å². The summed E-state index contributed by atoms with van der Waals surface area (Å²) in [5.74, 6) is -1.34. The van der Waals surface area contributed by atoms with E-state index in [9.17, 15) is 18.0 Å². The smallest absolute Gasteiger partial charge is 0.419 e. The number of thiophene rings is 1. The Morgan fingerprint density at radius 2 is 2.00 bits per heavy atom. The van der Waals surface area contributed by atoms with Crippen LogP contribution in [0.5, 0.6) is 5.75 Å². The minimum atomic E-state index is -4.49. The lowest BCUT2D eigenvalue weighted by molar-refractivity contribution is -0.139. The molecule has 0 aliphatic rings. The molecule has 0 saturated carbocycles. The van der Waals surface area contributed by atoms with E-state index in [0.717, 1.165) is 17.4 Å². The predicted octanol–water partition coefficient (Wildman–Crippen LogP) is 4.35. The van der Waals surface area contributed by atoms with Gasteiger partial charge in [0.05, 0.1) is 5.56 Å². The Morgan fingerprint density at radius 1 is 1.33 bits per heavy atom. The number of halogens is 3. The van der Waals surface area contributed by atoms with Gasteiger partial charge in [-0.15, -0.1) is 11.3 Å².